The summed E-state index contributed by atoms with van der Waals surface area (Å²) in [5, 5.41) is 3.33. The number of amides is 1. The van der Waals surface area contributed by atoms with E-state index in [9.17, 15) is 4.79 Å². The minimum absolute atomic E-state index is 0.0715. The molecule has 1 fully saturated rings. The monoisotopic (exact) mass is 304 g/mol. The van der Waals surface area contributed by atoms with Crippen LogP contribution in [0.5, 0.6) is 5.75 Å². The maximum Gasteiger partial charge on any atom is 0.261 e. The lowest BCUT2D eigenvalue weighted by atomic mass is 10.1. The lowest BCUT2D eigenvalue weighted by molar-refractivity contribution is -0.137. The van der Waals surface area contributed by atoms with Gasteiger partial charge in [0.2, 0.25) is 0 Å². The van der Waals surface area contributed by atoms with Crippen LogP contribution >= 0.6 is 0 Å². The third kappa shape index (κ3) is 3.80. The minimum atomic E-state index is 0.0715. The van der Waals surface area contributed by atoms with Crippen molar-refractivity contribution in [3.63, 3.8) is 0 Å². The number of hydrogen-bond acceptors (Lipinski definition) is 3. The molecule has 1 saturated heterocycles. The Balaban J connectivity index is 2.05. The number of aryl methyl sites for hydroxylation is 2. The Bertz CT molecular complexity index is 534. The van der Waals surface area contributed by atoms with E-state index in [-0.39, 0.29) is 24.6 Å². The van der Waals surface area contributed by atoms with E-state index in [2.05, 4.69) is 32.2 Å². The van der Waals surface area contributed by atoms with Crippen molar-refractivity contribution < 1.29 is 9.53 Å². The quantitative estimate of drug-likeness (QED) is 0.909. The van der Waals surface area contributed by atoms with Crippen LogP contribution in [0.25, 0.3) is 0 Å². The molecule has 0 radical (unpaired) electrons. The molecule has 1 aliphatic heterocycles. The van der Waals surface area contributed by atoms with Crippen LogP contribution in [0.2, 0.25) is 0 Å². The normalized spacial score (nSPS) is 17.8. The molecule has 4 nitrogen and oxygen atoms in total. The van der Waals surface area contributed by atoms with E-state index >= 15 is 0 Å². The lowest BCUT2D eigenvalue weighted by Gasteiger charge is -2.32. The van der Waals surface area contributed by atoms with E-state index in [1.54, 1.807) is 0 Å². The molecule has 1 heterocycles. The van der Waals surface area contributed by atoms with Crippen LogP contribution in [0.4, 0.5) is 0 Å². The molecule has 1 aromatic carbocycles. The third-order valence-electron chi connectivity index (χ3n) is 4.39. The summed E-state index contributed by atoms with van der Waals surface area (Å²) in [6.07, 6.45) is 1.02. The molecule has 2 rings (SSSR count). The Morgan fingerprint density at radius 1 is 1.36 bits per heavy atom. The summed E-state index contributed by atoms with van der Waals surface area (Å²) in [5.41, 5.74) is 3.46. The summed E-state index contributed by atoms with van der Waals surface area (Å²) in [4.78, 5) is 14.6. The molecule has 4 heteroatoms. The van der Waals surface area contributed by atoms with Crippen molar-refractivity contribution in [2.24, 2.45) is 0 Å². The van der Waals surface area contributed by atoms with Crippen molar-refractivity contribution in [3.8, 4) is 5.75 Å². The SMILES string of the molecule is Cc1cc(C)c(C)c(OCC(=O)N(C(C)C)C2CCNC2)c1. The Labute approximate surface area is 133 Å². The molecule has 0 spiro atoms. The predicted molar refractivity (Wildman–Crippen MR) is 89.4 cm³/mol. The van der Waals surface area contributed by atoms with Crippen LogP contribution < -0.4 is 10.1 Å². The van der Waals surface area contributed by atoms with Crippen LogP contribution in [-0.4, -0.2) is 42.6 Å². The smallest absolute Gasteiger partial charge is 0.261 e. The molecule has 1 N–H and O–H groups in total. The van der Waals surface area contributed by atoms with Gasteiger partial charge >= 0.3 is 0 Å². The number of nitrogens with zero attached hydrogens (tertiary/aromatic N) is 1. The number of hydrogen-bond donors (Lipinski definition) is 1. The van der Waals surface area contributed by atoms with Crippen molar-refractivity contribution in [3.05, 3.63) is 28.8 Å². The number of carbonyl (C=O) groups is 1. The molecule has 1 aliphatic rings. The van der Waals surface area contributed by atoms with Crippen molar-refractivity contribution in [1.82, 2.24) is 10.2 Å². The van der Waals surface area contributed by atoms with E-state index in [0.717, 1.165) is 36.4 Å². The number of benzene rings is 1. The molecular formula is C18H28N2O2. The van der Waals surface area contributed by atoms with E-state index < -0.39 is 0 Å². The first-order valence-electron chi connectivity index (χ1n) is 8.12. The van der Waals surface area contributed by atoms with Gasteiger partial charge in [0, 0.05) is 18.6 Å². The van der Waals surface area contributed by atoms with Crippen molar-refractivity contribution in [1.29, 1.82) is 0 Å². The molecule has 22 heavy (non-hydrogen) atoms. The summed E-state index contributed by atoms with van der Waals surface area (Å²) in [6.45, 7) is 12.3. The summed E-state index contributed by atoms with van der Waals surface area (Å²) < 4.78 is 5.84. The molecule has 1 aromatic rings. The Morgan fingerprint density at radius 2 is 2.09 bits per heavy atom. The van der Waals surface area contributed by atoms with Crippen molar-refractivity contribution in [2.45, 2.75) is 53.1 Å². The third-order valence-corrected chi connectivity index (χ3v) is 4.39. The fraction of sp³-hybridized carbons (Fsp3) is 0.611. The summed E-state index contributed by atoms with van der Waals surface area (Å²) in [5.74, 6) is 0.890. The van der Waals surface area contributed by atoms with Gasteiger partial charge in [-0.05, 0) is 70.3 Å². The molecule has 1 amide bonds. The fourth-order valence-corrected chi connectivity index (χ4v) is 3.15. The molecular weight excluding hydrogens is 276 g/mol. The molecule has 1 atom stereocenters. The van der Waals surface area contributed by atoms with Crippen LogP contribution in [0.15, 0.2) is 12.1 Å². The van der Waals surface area contributed by atoms with Gasteiger partial charge in [-0.1, -0.05) is 6.07 Å². The second kappa shape index (κ2) is 7.14. The van der Waals surface area contributed by atoms with Gasteiger partial charge in [-0.25, -0.2) is 0 Å². The molecule has 0 bridgehead atoms. The van der Waals surface area contributed by atoms with Gasteiger partial charge in [0.05, 0.1) is 0 Å². The zero-order chi connectivity index (χ0) is 16.3. The second-order valence-electron chi connectivity index (χ2n) is 6.54. The van der Waals surface area contributed by atoms with Gasteiger partial charge < -0.3 is 15.0 Å². The highest BCUT2D eigenvalue weighted by Crippen LogP contribution is 2.23. The number of ether oxygens (including phenoxy) is 1. The molecule has 1 unspecified atom stereocenters. The summed E-state index contributed by atoms with van der Waals surface area (Å²) in [6, 6.07) is 4.62. The summed E-state index contributed by atoms with van der Waals surface area (Å²) >= 11 is 0. The number of nitrogens with one attached hydrogen (secondary N) is 1. The van der Waals surface area contributed by atoms with Crippen LogP contribution in [0.3, 0.4) is 0 Å². The molecule has 0 aliphatic carbocycles. The van der Waals surface area contributed by atoms with Crippen molar-refractivity contribution in [2.75, 3.05) is 19.7 Å². The molecule has 122 valence electrons. The van der Waals surface area contributed by atoms with E-state index in [1.807, 2.05) is 24.8 Å². The highest BCUT2D eigenvalue weighted by Gasteiger charge is 2.28. The minimum Gasteiger partial charge on any atom is -0.483 e. The van der Waals surface area contributed by atoms with Gasteiger partial charge in [0.15, 0.2) is 6.61 Å². The first-order valence-corrected chi connectivity index (χ1v) is 8.12. The Morgan fingerprint density at radius 3 is 2.68 bits per heavy atom. The fourth-order valence-electron chi connectivity index (χ4n) is 3.15. The van der Waals surface area contributed by atoms with Gasteiger partial charge in [-0.15, -0.1) is 0 Å². The van der Waals surface area contributed by atoms with Crippen LogP contribution in [0.1, 0.15) is 37.0 Å². The van der Waals surface area contributed by atoms with Crippen LogP contribution in [0, 0.1) is 20.8 Å². The largest absolute Gasteiger partial charge is 0.483 e. The lowest BCUT2D eigenvalue weighted by Crippen LogP contribution is -2.47. The summed E-state index contributed by atoms with van der Waals surface area (Å²) in [7, 11) is 0. The zero-order valence-corrected chi connectivity index (χ0v) is 14.4. The van der Waals surface area contributed by atoms with E-state index in [0.29, 0.717) is 0 Å². The average Bonchev–Trinajstić information content (AvgIpc) is 2.94. The standard InChI is InChI=1S/C18H28N2O2/c1-12(2)20(16-6-7-19-10-16)18(21)11-22-17-9-13(3)8-14(4)15(17)5/h8-9,12,16,19H,6-7,10-11H2,1-5H3. The zero-order valence-electron chi connectivity index (χ0n) is 14.4. The topological polar surface area (TPSA) is 41.6 Å². The maximum atomic E-state index is 12.6. The number of carbonyl (C=O) groups excluding carboxylic acids is 1. The first kappa shape index (κ1) is 16.8. The van der Waals surface area contributed by atoms with Gasteiger partial charge in [-0.3, -0.25) is 4.79 Å². The Hall–Kier alpha value is -1.55. The predicted octanol–water partition coefficient (Wildman–Crippen LogP) is 2.59. The number of rotatable bonds is 5. The van der Waals surface area contributed by atoms with E-state index in [4.69, 9.17) is 4.74 Å². The Kier molecular flexibility index (Phi) is 5.46. The van der Waals surface area contributed by atoms with Crippen molar-refractivity contribution >= 4 is 5.91 Å². The van der Waals surface area contributed by atoms with Gasteiger partial charge in [0.25, 0.3) is 5.91 Å². The maximum absolute atomic E-state index is 12.6. The first-order chi connectivity index (χ1) is 10.4. The molecule has 0 saturated carbocycles. The highest BCUT2D eigenvalue weighted by molar-refractivity contribution is 5.78. The molecule has 0 aromatic heterocycles. The van der Waals surface area contributed by atoms with Gasteiger partial charge in [0.1, 0.15) is 5.75 Å². The average molecular weight is 304 g/mol. The highest BCUT2D eigenvalue weighted by atomic mass is 16.5. The van der Waals surface area contributed by atoms with E-state index in [1.165, 1.54) is 5.56 Å². The second-order valence-corrected chi connectivity index (χ2v) is 6.54. The van der Waals surface area contributed by atoms with Crippen LogP contribution in [-0.2, 0) is 4.79 Å². The van der Waals surface area contributed by atoms with Gasteiger partial charge in [-0.2, -0.15) is 0 Å².